The Balaban J connectivity index is 1.70. The number of carbonyl (C=O) groups excluding carboxylic acids is 2. The molecule has 3 aliphatic heterocycles. The van der Waals surface area contributed by atoms with Crippen molar-refractivity contribution in [2.45, 2.75) is 44.1 Å². The normalized spacial score (nSPS) is 22.2. The van der Waals surface area contributed by atoms with Crippen LogP contribution >= 0.6 is 12.2 Å². The summed E-state index contributed by atoms with van der Waals surface area (Å²) >= 11 is 5.13. The average Bonchev–Trinajstić information content (AvgIpc) is 3.12. The van der Waals surface area contributed by atoms with Gasteiger partial charge in [0.15, 0.2) is 10.2 Å². The van der Waals surface area contributed by atoms with Gasteiger partial charge in [0.05, 0.1) is 11.3 Å². The zero-order valence-electron chi connectivity index (χ0n) is 21.2. The molecule has 0 saturated carbocycles. The highest BCUT2D eigenvalue weighted by Crippen LogP contribution is 2.60. The molecule has 3 aromatic rings. The number of aromatic amines is 2. The lowest BCUT2D eigenvalue weighted by molar-refractivity contribution is -0.122. The molecule has 1 amide bonds. The van der Waals surface area contributed by atoms with Crippen molar-refractivity contribution in [2.75, 3.05) is 4.90 Å². The van der Waals surface area contributed by atoms with Crippen molar-refractivity contribution in [3.8, 4) is 17.7 Å². The average molecular weight is 542 g/mol. The number of H-pyrrole nitrogens is 2. The van der Waals surface area contributed by atoms with E-state index in [0.29, 0.717) is 23.2 Å². The minimum atomic E-state index is -1.96. The van der Waals surface area contributed by atoms with Crippen LogP contribution in [0.5, 0.6) is 11.6 Å². The first kappa shape index (κ1) is 24.6. The second-order valence-electron chi connectivity index (χ2n) is 10.5. The maximum atomic E-state index is 14.7. The Labute approximate surface area is 227 Å². The van der Waals surface area contributed by atoms with E-state index >= 15 is 0 Å². The highest BCUT2D eigenvalue weighted by Gasteiger charge is 2.64. The fourth-order valence-electron chi connectivity index (χ4n) is 6.23. The van der Waals surface area contributed by atoms with E-state index in [1.165, 1.54) is 6.07 Å². The first-order valence-electron chi connectivity index (χ1n) is 12.3. The molecule has 0 unspecified atom stereocenters. The summed E-state index contributed by atoms with van der Waals surface area (Å²) in [5.41, 5.74) is 4.46. The van der Waals surface area contributed by atoms with Gasteiger partial charge in [-0.1, -0.05) is 25.1 Å². The van der Waals surface area contributed by atoms with Crippen molar-refractivity contribution in [2.24, 2.45) is 5.73 Å². The maximum absolute atomic E-state index is 14.7. The molecule has 196 valence electrons. The van der Waals surface area contributed by atoms with Crippen molar-refractivity contribution >= 4 is 29.8 Å². The topological polar surface area (TPSA) is 154 Å². The summed E-state index contributed by atoms with van der Waals surface area (Å²) in [5, 5.41) is 10.3. The van der Waals surface area contributed by atoms with Crippen LogP contribution in [0.4, 0.5) is 5.69 Å². The summed E-state index contributed by atoms with van der Waals surface area (Å²) in [6, 6.07) is 13.8. The number of hydrogen-bond donors (Lipinski definition) is 3. The van der Waals surface area contributed by atoms with Crippen LogP contribution in [0.2, 0.25) is 0 Å². The van der Waals surface area contributed by atoms with Crippen LogP contribution in [0.3, 0.4) is 0 Å². The van der Waals surface area contributed by atoms with E-state index in [9.17, 15) is 19.6 Å². The Kier molecular flexibility index (Phi) is 5.15. The number of carbonyl (C=O) groups is 2. The number of rotatable bonds is 2. The van der Waals surface area contributed by atoms with Gasteiger partial charge in [0, 0.05) is 11.1 Å². The predicted octanol–water partition coefficient (Wildman–Crippen LogP) is 3.66. The van der Waals surface area contributed by atoms with Gasteiger partial charge in [0.2, 0.25) is 17.7 Å². The third-order valence-corrected chi connectivity index (χ3v) is 7.86. The molecule has 6 rings (SSSR count). The Hall–Kier alpha value is -4.69. The first-order valence-corrected chi connectivity index (χ1v) is 12.7. The Morgan fingerprint density at radius 3 is 2.64 bits per heavy atom. The van der Waals surface area contributed by atoms with Crippen LogP contribution in [-0.4, -0.2) is 27.4 Å². The lowest BCUT2D eigenvalue weighted by atomic mass is 9.69. The molecule has 0 bridgehead atoms. The quantitative estimate of drug-likeness (QED) is 0.252. The molecule has 11 heteroatoms. The highest BCUT2D eigenvalue weighted by molar-refractivity contribution is 7.71. The van der Waals surface area contributed by atoms with Gasteiger partial charge in [-0.25, -0.2) is 4.79 Å². The number of aromatic nitrogens is 2. The Morgan fingerprint density at radius 2 is 1.95 bits per heavy atom. The minimum absolute atomic E-state index is 0.0332. The number of nitrogens with one attached hydrogen (secondary N) is 2. The minimum Gasteiger partial charge on any atom is -0.424 e. The number of nitrogens with two attached hydrogens (primary N) is 1. The van der Waals surface area contributed by atoms with E-state index < -0.39 is 28.4 Å². The number of nitriles is 1. The summed E-state index contributed by atoms with van der Waals surface area (Å²) in [6.07, 6.45) is 0.579. The van der Waals surface area contributed by atoms with E-state index in [-0.39, 0.29) is 39.3 Å². The molecule has 2 aromatic carbocycles. The van der Waals surface area contributed by atoms with Crippen molar-refractivity contribution in [3.63, 3.8) is 0 Å². The molecule has 3 aliphatic rings. The van der Waals surface area contributed by atoms with Gasteiger partial charge in [-0.15, -0.1) is 0 Å². The summed E-state index contributed by atoms with van der Waals surface area (Å²) in [7, 11) is 0. The van der Waals surface area contributed by atoms with E-state index in [4.69, 9.17) is 27.4 Å². The summed E-state index contributed by atoms with van der Waals surface area (Å²) < 4.78 is 11.4. The number of fused-ring (bicyclic) bond motifs is 3. The third kappa shape index (κ3) is 3.25. The molecule has 2 atom stereocenters. The second-order valence-corrected chi connectivity index (χ2v) is 10.9. The number of ether oxygens (including phenoxy) is 2. The molecule has 0 aliphatic carbocycles. The maximum Gasteiger partial charge on any atom is 0.343 e. The summed E-state index contributed by atoms with van der Waals surface area (Å²) in [4.78, 5) is 48.1. The molecular formula is C28H23N5O5S. The van der Waals surface area contributed by atoms with Gasteiger partial charge in [-0.3, -0.25) is 14.6 Å². The number of nitrogens with zero attached hydrogens (tertiary/aromatic N) is 2. The molecule has 0 radical (unpaired) electrons. The van der Waals surface area contributed by atoms with Crippen LogP contribution in [0.1, 0.15) is 60.2 Å². The van der Waals surface area contributed by atoms with E-state index in [1.54, 1.807) is 41.3 Å². The standard InChI is InChI=1S/C28H23N5O5S/c1-13-11-27(2,3)33-20-16(13)9-15(37-24(35)14-7-5-4-6-8-14)10-17(20)28(25(33)36)18(12-29)21(30)38-23-19(28)22(34)31-26(39)32-23/h4-10,13H,11,30H2,1-3H3,(H2,31,32,34,39)/t13-,28-/m0/s1. The molecule has 4 heterocycles. The van der Waals surface area contributed by atoms with E-state index in [0.717, 1.165) is 5.56 Å². The zero-order valence-corrected chi connectivity index (χ0v) is 22.1. The monoisotopic (exact) mass is 541 g/mol. The van der Waals surface area contributed by atoms with Crippen LogP contribution < -0.4 is 25.7 Å². The lowest BCUT2D eigenvalue weighted by Gasteiger charge is -2.44. The number of amides is 1. The Bertz CT molecular complexity index is 1800. The smallest absolute Gasteiger partial charge is 0.343 e. The van der Waals surface area contributed by atoms with Crippen molar-refractivity contribution in [1.29, 1.82) is 5.26 Å². The number of esters is 1. The molecule has 10 nitrogen and oxygen atoms in total. The van der Waals surface area contributed by atoms with Crippen molar-refractivity contribution in [3.05, 3.63) is 91.3 Å². The van der Waals surface area contributed by atoms with Gasteiger partial charge < -0.3 is 25.1 Å². The number of benzene rings is 2. The van der Waals surface area contributed by atoms with E-state index in [1.807, 2.05) is 26.8 Å². The molecule has 1 spiro atoms. The van der Waals surface area contributed by atoms with Crippen LogP contribution in [-0.2, 0) is 10.2 Å². The fourth-order valence-corrected chi connectivity index (χ4v) is 6.41. The van der Waals surface area contributed by atoms with Gasteiger partial charge in [0.1, 0.15) is 23.0 Å². The molecule has 39 heavy (non-hydrogen) atoms. The Morgan fingerprint density at radius 1 is 1.23 bits per heavy atom. The lowest BCUT2D eigenvalue weighted by Crippen LogP contribution is -2.55. The third-order valence-electron chi connectivity index (χ3n) is 7.65. The van der Waals surface area contributed by atoms with Crippen molar-refractivity contribution < 1.29 is 19.1 Å². The van der Waals surface area contributed by atoms with Gasteiger partial charge in [0.25, 0.3) is 5.56 Å². The predicted molar refractivity (Wildman–Crippen MR) is 143 cm³/mol. The largest absolute Gasteiger partial charge is 0.424 e. The molecule has 1 aromatic heterocycles. The van der Waals surface area contributed by atoms with Gasteiger partial charge >= 0.3 is 5.97 Å². The van der Waals surface area contributed by atoms with Crippen molar-refractivity contribution in [1.82, 2.24) is 9.97 Å². The van der Waals surface area contributed by atoms with Crippen LogP contribution in [0.25, 0.3) is 0 Å². The molecule has 0 fully saturated rings. The second kappa shape index (κ2) is 8.15. The summed E-state index contributed by atoms with van der Waals surface area (Å²) in [5.74, 6) is -1.45. The van der Waals surface area contributed by atoms with Crippen LogP contribution in [0.15, 0.2) is 58.7 Å². The highest BCUT2D eigenvalue weighted by atomic mass is 32.1. The zero-order chi connectivity index (χ0) is 27.9. The van der Waals surface area contributed by atoms with E-state index in [2.05, 4.69) is 9.97 Å². The van der Waals surface area contributed by atoms with Gasteiger partial charge in [-0.05, 0) is 68.2 Å². The molecular weight excluding hydrogens is 518 g/mol. The van der Waals surface area contributed by atoms with Crippen LogP contribution in [0, 0.1) is 16.1 Å². The number of anilines is 1. The first-order chi connectivity index (χ1) is 18.5. The fraction of sp³-hybridized carbons (Fsp3) is 0.250. The summed E-state index contributed by atoms with van der Waals surface area (Å²) in [6.45, 7) is 5.88. The number of hydrogen-bond acceptors (Lipinski definition) is 8. The molecule has 4 N–H and O–H groups in total. The van der Waals surface area contributed by atoms with Gasteiger partial charge in [-0.2, -0.15) is 5.26 Å². The molecule has 0 saturated heterocycles. The SMILES string of the molecule is C[C@H]1CC(C)(C)N2C(=O)[C@]3(C(C#N)=C(N)Oc4[nH]c(=S)[nH]c(=O)c43)c3cc(OC(=O)c4ccccc4)cc1c32.